The summed E-state index contributed by atoms with van der Waals surface area (Å²) in [5, 5.41) is 11.0. The average Bonchev–Trinajstić information content (AvgIpc) is 3.12. The van der Waals surface area contributed by atoms with Crippen molar-refractivity contribution in [2.75, 3.05) is 20.2 Å². The first-order valence-corrected chi connectivity index (χ1v) is 9.23. The zero-order chi connectivity index (χ0) is 18.4. The third-order valence-corrected chi connectivity index (χ3v) is 4.56. The van der Waals surface area contributed by atoms with Crippen LogP contribution in [0.4, 0.5) is 0 Å². The zero-order valence-corrected chi connectivity index (χ0v) is 18.5. The summed E-state index contributed by atoms with van der Waals surface area (Å²) in [6.45, 7) is 6.44. The summed E-state index contributed by atoms with van der Waals surface area (Å²) < 4.78 is 7.91. The fourth-order valence-electron chi connectivity index (χ4n) is 3.16. The Hall–Kier alpha value is -1.84. The number of nitrogens with zero attached hydrogens (tertiary/aromatic N) is 4. The highest BCUT2D eigenvalue weighted by atomic mass is 127. The average molecular weight is 484 g/mol. The number of rotatable bonds is 6. The number of aliphatic imine (C=N–C) groups is 1. The molecule has 0 saturated carbocycles. The maximum Gasteiger partial charge on any atom is 0.191 e. The van der Waals surface area contributed by atoms with E-state index >= 15 is 0 Å². The highest BCUT2D eigenvalue weighted by Crippen LogP contribution is 2.25. The molecule has 1 aromatic heterocycles. The topological polar surface area (TPSA) is 76.4 Å². The van der Waals surface area contributed by atoms with Crippen molar-refractivity contribution in [2.24, 2.45) is 4.99 Å². The number of fused-ring (bicyclic) bond motifs is 1. The van der Waals surface area contributed by atoms with E-state index in [9.17, 15) is 0 Å². The summed E-state index contributed by atoms with van der Waals surface area (Å²) in [5.41, 5.74) is 1.24. The molecule has 2 heterocycles. The minimum atomic E-state index is 0. The quantitative estimate of drug-likeness (QED) is 0.285. The number of aryl methyl sites for hydroxylation is 1. The summed E-state index contributed by atoms with van der Waals surface area (Å²) in [5.74, 6) is 3.25. The molecular formula is C19H29IN6O. The molecule has 0 amide bonds. The lowest BCUT2D eigenvalue weighted by atomic mass is 10.0. The van der Waals surface area contributed by atoms with Gasteiger partial charge in [-0.1, -0.05) is 32.0 Å². The molecule has 0 saturated heterocycles. The third-order valence-electron chi connectivity index (χ3n) is 4.56. The second-order valence-electron chi connectivity index (χ2n) is 6.78. The number of hydrogen-bond acceptors (Lipinski definition) is 4. The Morgan fingerprint density at radius 3 is 2.96 bits per heavy atom. The van der Waals surface area contributed by atoms with E-state index in [4.69, 9.17) is 4.74 Å². The first kappa shape index (κ1) is 21.5. The van der Waals surface area contributed by atoms with Gasteiger partial charge in [-0.25, -0.2) is 9.67 Å². The van der Waals surface area contributed by atoms with Gasteiger partial charge in [-0.15, -0.1) is 24.0 Å². The largest absolute Gasteiger partial charge is 0.491 e. The van der Waals surface area contributed by atoms with Crippen molar-refractivity contribution in [1.29, 1.82) is 0 Å². The van der Waals surface area contributed by atoms with Crippen molar-refractivity contribution in [1.82, 2.24) is 25.4 Å². The van der Waals surface area contributed by atoms with Gasteiger partial charge in [0, 0.05) is 19.5 Å². The van der Waals surface area contributed by atoms with Gasteiger partial charge in [0.1, 0.15) is 24.5 Å². The van der Waals surface area contributed by atoms with Crippen molar-refractivity contribution < 1.29 is 4.74 Å². The molecule has 0 radical (unpaired) electrons. The van der Waals surface area contributed by atoms with E-state index in [0.717, 1.165) is 36.9 Å². The molecule has 0 aliphatic carbocycles. The Morgan fingerprint density at radius 1 is 1.37 bits per heavy atom. The van der Waals surface area contributed by atoms with Crippen LogP contribution in [0.25, 0.3) is 0 Å². The van der Waals surface area contributed by atoms with Gasteiger partial charge in [-0.3, -0.25) is 4.99 Å². The standard InChI is InChI=1S/C19H28N6O.HI/c1-14(2)16-6-4-5-7-17(16)26-11-10-21-19(20-3)24-15-8-9-18-22-13-23-25(18)12-15;/h4-7,13-15H,8-12H2,1-3H3,(H2,20,21,24);1H. The lowest BCUT2D eigenvalue weighted by Crippen LogP contribution is -2.47. The van der Waals surface area contributed by atoms with Crippen LogP contribution in [0.2, 0.25) is 0 Å². The van der Waals surface area contributed by atoms with Gasteiger partial charge in [0.2, 0.25) is 0 Å². The van der Waals surface area contributed by atoms with Gasteiger partial charge in [0.05, 0.1) is 13.1 Å². The third kappa shape index (κ3) is 5.82. The van der Waals surface area contributed by atoms with E-state index in [1.807, 2.05) is 16.8 Å². The molecule has 3 rings (SSSR count). The van der Waals surface area contributed by atoms with Crippen molar-refractivity contribution in [3.05, 3.63) is 42.0 Å². The summed E-state index contributed by atoms with van der Waals surface area (Å²) in [7, 11) is 1.79. The summed E-state index contributed by atoms with van der Waals surface area (Å²) >= 11 is 0. The van der Waals surface area contributed by atoms with Gasteiger partial charge >= 0.3 is 0 Å². The maximum absolute atomic E-state index is 5.95. The number of aromatic nitrogens is 3. The van der Waals surface area contributed by atoms with Crippen molar-refractivity contribution >= 4 is 29.9 Å². The van der Waals surface area contributed by atoms with Gasteiger partial charge in [-0.05, 0) is 24.0 Å². The summed E-state index contributed by atoms with van der Waals surface area (Å²) in [6, 6.07) is 8.52. The van der Waals surface area contributed by atoms with Gasteiger partial charge in [0.25, 0.3) is 0 Å². The number of benzene rings is 1. The second-order valence-corrected chi connectivity index (χ2v) is 6.78. The molecule has 0 spiro atoms. The smallest absolute Gasteiger partial charge is 0.191 e. The summed E-state index contributed by atoms with van der Waals surface area (Å²) in [6.07, 6.45) is 3.58. The van der Waals surface area contributed by atoms with Gasteiger partial charge in [0.15, 0.2) is 5.96 Å². The molecule has 148 valence electrons. The lowest BCUT2D eigenvalue weighted by Gasteiger charge is -2.25. The second kappa shape index (κ2) is 10.5. The van der Waals surface area contributed by atoms with Crippen molar-refractivity contribution in [3.63, 3.8) is 0 Å². The molecule has 0 fully saturated rings. The van der Waals surface area contributed by atoms with Crippen molar-refractivity contribution in [2.45, 2.75) is 45.2 Å². The van der Waals surface area contributed by atoms with E-state index in [1.54, 1.807) is 13.4 Å². The number of nitrogens with one attached hydrogen (secondary N) is 2. The van der Waals surface area contributed by atoms with E-state index < -0.39 is 0 Å². The predicted octanol–water partition coefficient (Wildman–Crippen LogP) is 2.58. The van der Waals surface area contributed by atoms with E-state index in [0.29, 0.717) is 25.1 Å². The minimum Gasteiger partial charge on any atom is -0.491 e. The number of para-hydroxylation sites is 1. The van der Waals surface area contributed by atoms with Crippen LogP contribution >= 0.6 is 24.0 Å². The molecule has 7 nitrogen and oxygen atoms in total. The number of halogens is 1. The molecule has 2 aromatic rings. The Kier molecular flexibility index (Phi) is 8.33. The molecule has 1 unspecified atom stereocenters. The maximum atomic E-state index is 5.95. The molecule has 1 aliphatic heterocycles. The van der Waals surface area contributed by atoms with E-state index in [-0.39, 0.29) is 24.0 Å². The highest BCUT2D eigenvalue weighted by molar-refractivity contribution is 14.0. The van der Waals surface area contributed by atoms with Crippen LogP contribution in [0.15, 0.2) is 35.6 Å². The Labute approximate surface area is 178 Å². The zero-order valence-electron chi connectivity index (χ0n) is 16.2. The van der Waals surface area contributed by atoms with E-state index in [2.05, 4.69) is 51.7 Å². The fourth-order valence-corrected chi connectivity index (χ4v) is 3.16. The Bertz CT molecular complexity index is 745. The van der Waals surface area contributed by atoms with Gasteiger partial charge in [-0.2, -0.15) is 5.10 Å². The number of guanidine groups is 1. The van der Waals surface area contributed by atoms with Crippen LogP contribution in [0, 0.1) is 0 Å². The number of hydrogen-bond donors (Lipinski definition) is 2. The molecule has 1 atom stereocenters. The molecule has 2 N–H and O–H groups in total. The first-order valence-electron chi connectivity index (χ1n) is 9.23. The Balaban J connectivity index is 0.00000261. The fraction of sp³-hybridized carbons (Fsp3) is 0.526. The van der Waals surface area contributed by atoms with Crippen molar-refractivity contribution in [3.8, 4) is 5.75 Å². The van der Waals surface area contributed by atoms with Crippen LogP contribution in [0.3, 0.4) is 0 Å². The van der Waals surface area contributed by atoms with Gasteiger partial charge < -0.3 is 15.4 Å². The molecule has 0 bridgehead atoms. The van der Waals surface area contributed by atoms with Crippen LogP contribution < -0.4 is 15.4 Å². The lowest BCUT2D eigenvalue weighted by molar-refractivity contribution is 0.316. The molecular weight excluding hydrogens is 455 g/mol. The summed E-state index contributed by atoms with van der Waals surface area (Å²) in [4.78, 5) is 8.57. The van der Waals surface area contributed by atoms with Crippen LogP contribution in [0.1, 0.15) is 37.6 Å². The van der Waals surface area contributed by atoms with Crippen LogP contribution in [-0.2, 0) is 13.0 Å². The SMILES string of the molecule is CN=C(NCCOc1ccccc1C(C)C)NC1CCc2ncnn2C1.I. The molecule has 8 heteroatoms. The molecule has 27 heavy (non-hydrogen) atoms. The van der Waals surface area contributed by atoms with Crippen LogP contribution in [0.5, 0.6) is 5.75 Å². The number of ether oxygens (including phenoxy) is 1. The first-order chi connectivity index (χ1) is 12.7. The predicted molar refractivity (Wildman–Crippen MR) is 118 cm³/mol. The van der Waals surface area contributed by atoms with E-state index in [1.165, 1.54) is 5.56 Å². The van der Waals surface area contributed by atoms with Crippen LogP contribution in [-0.4, -0.2) is 47.0 Å². The minimum absolute atomic E-state index is 0. The highest BCUT2D eigenvalue weighted by Gasteiger charge is 2.20. The monoisotopic (exact) mass is 484 g/mol. The normalized spacial score (nSPS) is 16.4. The molecule has 1 aromatic carbocycles. The molecule has 1 aliphatic rings. The Morgan fingerprint density at radius 2 is 2.19 bits per heavy atom.